The van der Waals surface area contributed by atoms with E-state index in [1.165, 1.54) is 6.92 Å². The van der Waals surface area contributed by atoms with Crippen molar-refractivity contribution in [3.8, 4) is 5.75 Å². The lowest BCUT2D eigenvalue weighted by molar-refractivity contribution is -0.141. The van der Waals surface area contributed by atoms with Crippen molar-refractivity contribution in [3.63, 3.8) is 0 Å². The predicted molar refractivity (Wildman–Crippen MR) is 131 cm³/mol. The molecule has 0 fully saturated rings. The monoisotopic (exact) mass is 443 g/mol. The van der Waals surface area contributed by atoms with Crippen molar-refractivity contribution < 1.29 is 14.3 Å². The number of aryl methyl sites for hydroxylation is 1. The Morgan fingerprint density at radius 1 is 1.12 bits per heavy atom. The van der Waals surface area contributed by atoms with E-state index in [0.29, 0.717) is 13.0 Å². The number of likely N-dealkylation sites (N-methyl/N-ethyl adjacent to an activating group) is 1. The summed E-state index contributed by atoms with van der Waals surface area (Å²) >= 11 is 0. The normalized spacial score (nSPS) is 13.1. The van der Waals surface area contributed by atoms with Gasteiger partial charge in [-0.25, -0.2) is 0 Å². The molecule has 1 unspecified atom stereocenters. The van der Waals surface area contributed by atoms with Crippen LogP contribution in [0.2, 0.25) is 0 Å². The van der Waals surface area contributed by atoms with Gasteiger partial charge in [0.15, 0.2) is 0 Å². The first kappa shape index (κ1) is 25.8. The molecular weight excluding hydrogens is 402 g/mol. The molecule has 6 heteroatoms. The van der Waals surface area contributed by atoms with Gasteiger partial charge in [0.25, 0.3) is 5.91 Å². The SMILES string of the molecule is CCCCCCC(NC(C)=O)(C(=O)N(C)CCCC)c1c(C)n(C)c2ccc(OC)cc12. The summed E-state index contributed by atoms with van der Waals surface area (Å²) in [5.41, 5.74) is 1.77. The molecule has 2 rings (SSSR count). The molecule has 0 aliphatic heterocycles. The van der Waals surface area contributed by atoms with Crippen LogP contribution >= 0.6 is 0 Å². The number of nitrogens with zero attached hydrogens (tertiary/aromatic N) is 2. The van der Waals surface area contributed by atoms with E-state index in [4.69, 9.17) is 4.74 Å². The Morgan fingerprint density at radius 2 is 1.81 bits per heavy atom. The molecule has 0 aliphatic rings. The highest BCUT2D eigenvalue weighted by atomic mass is 16.5. The van der Waals surface area contributed by atoms with E-state index in [1.54, 1.807) is 12.0 Å². The first-order valence-corrected chi connectivity index (χ1v) is 11.9. The molecule has 2 amide bonds. The van der Waals surface area contributed by atoms with Gasteiger partial charge in [-0.2, -0.15) is 0 Å². The fourth-order valence-electron chi connectivity index (χ4n) is 4.67. The summed E-state index contributed by atoms with van der Waals surface area (Å²) in [7, 11) is 5.50. The van der Waals surface area contributed by atoms with Crippen LogP contribution in [-0.4, -0.2) is 42.0 Å². The zero-order valence-corrected chi connectivity index (χ0v) is 21.0. The summed E-state index contributed by atoms with van der Waals surface area (Å²) in [6.07, 6.45) is 6.61. The van der Waals surface area contributed by atoms with Crippen molar-refractivity contribution in [1.29, 1.82) is 0 Å². The summed E-state index contributed by atoms with van der Waals surface area (Å²) in [5.74, 6) is 0.493. The Balaban J connectivity index is 2.76. The zero-order valence-electron chi connectivity index (χ0n) is 21.0. The molecule has 1 aromatic carbocycles. The number of benzene rings is 1. The van der Waals surface area contributed by atoms with Gasteiger partial charge >= 0.3 is 0 Å². The third-order valence-electron chi connectivity index (χ3n) is 6.48. The quantitative estimate of drug-likeness (QED) is 0.467. The average Bonchev–Trinajstić information content (AvgIpc) is 3.03. The van der Waals surface area contributed by atoms with Gasteiger partial charge in [0.1, 0.15) is 11.3 Å². The second-order valence-electron chi connectivity index (χ2n) is 8.88. The molecular formula is C26H41N3O3. The molecule has 0 radical (unpaired) electrons. The maximum Gasteiger partial charge on any atom is 0.252 e. The molecule has 0 saturated carbocycles. The van der Waals surface area contributed by atoms with Gasteiger partial charge in [0, 0.05) is 49.7 Å². The summed E-state index contributed by atoms with van der Waals surface area (Å²) < 4.78 is 7.61. The van der Waals surface area contributed by atoms with Crippen LogP contribution in [0.15, 0.2) is 18.2 Å². The van der Waals surface area contributed by atoms with E-state index in [-0.39, 0.29) is 11.8 Å². The summed E-state index contributed by atoms with van der Waals surface area (Å²) in [6, 6.07) is 5.94. The minimum absolute atomic E-state index is 0.0453. The Morgan fingerprint density at radius 3 is 2.41 bits per heavy atom. The second kappa shape index (κ2) is 11.4. The highest BCUT2D eigenvalue weighted by Crippen LogP contribution is 2.40. The van der Waals surface area contributed by atoms with Crippen LogP contribution in [0, 0.1) is 6.92 Å². The maximum absolute atomic E-state index is 14.1. The Bertz CT molecular complexity index is 934. The smallest absolute Gasteiger partial charge is 0.252 e. The Kier molecular flexibility index (Phi) is 9.17. The van der Waals surface area contributed by atoms with Crippen molar-refractivity contribution in [2.45, 2.75) is 78.2 Å². The first-order chi connectivity index (χ1) is 15.2. The third kappa shape index (κ3) is 5.28. The van der Waals surface area contributed by atoms with Gasteiger partial charge in [-0.1, -0.05) is 46.0 Å². The molecule has 1 heterocycles. The lowest BCUT2D eigenvalue weighted by atomic mass is 9.81. The number of amides is 2. The number of hydrogen-bond donors (Lipinski definition) is 1. The third-order valence-corrected chi connectivity index (χ3v) is 6.48. The summed E-state index contributed by atoms with van der Waals surface area (Å²) in [5, 5.41) is 4.09. The van der Waals surface area contributed by atoms with Crippen LogP contribution in [0.5, 0.6) is 5.75 Å². The van der Waals surface area contributed by atoms with E-state index >= 15 is 0 Å². The molecule has 0 bridgehead atoms. The maximum atomic E-state index is 14.1. The van der Waals surface area contributed by atoms with Crippen LogP contribution in [0.1, 0.15) is 77.0 Å². The molecule has 1 N–H and O–H groups in total. The molecule has 2 aromatic rings. The summed E-state index contributed by atoms with van der Waals surface area (Å²) in [6.45, 7) is 8.49. The van der Waals surface area contributed by atoms with E-state index in [2.05, 4.69) is 23.7 Å². The van der Waals surface area contributed by atoms with Gasteiger partial charge < -0.3 is 19.5 Å². The molecule has 6 nitrogen and oxygen atoms in total. The fourth-order valence-corrected chi connectivity index (χ4v) is 4.67. The van der Waals surface area contributed by atoms with E-state index in [0.717, 1.165) is 66.4 Å². The molecule has 32 heavy (non-hydrogen) atoms. The average molecular weight is 444 g/mol. The minimum Gasteiger partial charge on any atom is -0.497 e. The van der Waals surface area contributed by atoms with Gasteiger partial charge in [-0.3, -0.25) is 9.59 Å². The van der Waals surface area contributed by atoms with Crippen LogP contribution in [0.4, 0.5) is 0 Å². The van der Waals surface area contributed by atoms with E-state index < -0.39 is 5.54 Å². The van der Waals surface area contributed by atoms with E-state index in [9.17, 15) is 9.59 Å². The molecule has 1 atom stereocenters. The van der Waals surface area contributed by atoms with E-state index in [1.807, 2.05) is 39.2 Å². The number of nitrogens with one attached hydrogen (secondary N) is 1. The van der Waals surface area contributed by atoms with Gasteiger partial charge in [-0.15, -0.1) is 0 Å². The number of unbranched alkanes of at least 4 members (excludes halogenated alkanes) is 4. The van der Waals surface area contributed by atoms with Crippen molar-refractivity contribution in [1.82, 2.24) is 14.8 Å². The highest BCUT2D eigenvalue weighted by molar-refractivity contribution is 5.99. The lowest BCUT2D eigenvalue weighted by Crippen LogP contribution is -2.56. The largest absolute Gasteiger partial charge is 0.497 e. The van der Waals surface area contributed by atoms with Gasteiger partial charge in [0.2, 0.25) is 5.91 Å². The minimum atomic E-state index is -1.11. The Hall–Kier alpha value is -2.50. The molecule has 0 aliphatic carbocycles. The topological polar surface area (TPSA) is 63.6 Å². The van der Waals surface area contributed by atoms with Crippen molar-refractivity contribution in [2.75, 3.05) is 20.7 Å². The van der Waals surface area contributed by atoms with Crippen LogP contribution < -0.4 is 10.1 Å². The number of fused-ring (bicyclic) bond motifs is 1. The van der Waals surface area contributed by atoms with Crippen molar-refractivity contribution in [2.24, 2.45) is 7.05 Å². The van der Waals surface area contributed by atoms with Crippen LogP contribution in [-0.2, 0) is 22.2 Å². The standard InChI is InChI=1S/C26H41N3O3/c1-8-10-12-13-16-26(27-20(4)30,25(31)28(5)17-11-9-2)24-19(3)29(6)23-15-14-21(32-7)18-22(23)24/h14-15,18H,8-13,16-17H2,1-7H3,(H,27,30). The molecule has 1 aromatic heterocycles. The van der Waals surface area contributed by atoms with Crippen molar-refractivity contribution >= 4 is 22.7 Å². The molecule has 0 spiro atoms. The number of hydrogen-bond acceptors (Lipinski definition) is 3. The highest BCUT2D eigenvalue weighted by Gasteiger charge is 2.45. The number of carbonyl (C=O) groups excluding carboxylic acids is 2. The van der Waals surface area contributed by atoms with Crippen molar-refractivity contribution in [3.05, 3.63) is 29.5 Å². The molecule has 178 valence electrons. The summed E-state index contributed by atoms with van der Waals surface area (Å²) in [4.78, 5) is 28.4. The first-order valence-electron chi connectivity index (χ1n) is 11.9. The second-order valence-corrected chi connectivity index (χ2v) is 8.88. The number of aromatic nitrogens is 1. The van der Waals surface area contributed by atoms with Gasteiger partial charge in [0.05, 0.1) is 7.11 Å². The number of methoxy groups -OCH3 is 1. The zero-order chi connectivity index (χ0) is 23.9. The number of rotatable bonds is 12. The fraction of sp³-hybridized carbons (Fsp3) is 0.615. The number of ether oxygens (including phenoxy) is 1. The Labute approximate surface area is 193 Å². The van der Waals surface area contributed by atoms with Gasteiger partial charge in [-0.05, 0) is 38.0 Å². The lowest BCUT2D eigenvalue weighted by Gasteiger charge is -2.37. The number of carbonyl (C=O) groups is 2. The predicted octanol–water partition coefficient (Wildman–Crippen LogP) is 5.06. The van der Waals surface area contributed by atoms with Crippen LogP contribution in [0.3, 0.4) is 0 Å². The van der Waals surface area contributed by atoms with Crippen LogP contribution in [0.25, 0.3) is 10.9 Å². The molecule has 0 saturated heterocycles.